The number of benzene rings is 1. The van der Waals surface area contributed by atoms with Crippen LogP contribution >= 0.6 is 0 Å². The molecular weight excluding hydrogens is 388 g/mol. The molecule has 168 valence electrons. The van der Waals surface area contributed by atoms with Gasteiger partial charge >= 0.3 is 6.03 Å². The summed E-state index contributed by atoms with van der Waals surface area (Å²) in [6.45, 7) is 6.90. The highest BCUT2D eigenvalue weighted by molar-refractivity contribution is 5.93. The molecule has 1 aromatic heterocycles. The fourth-order valence-electron chi connectivity index (χ4n) is 5.04. The lowest BCUT2D eigenvalue weighted by atomic mass is 9.87. The predicted molar refractivity (Wildman–Crippen MR) is 125 cm³/mol. The number of fused-ring (bicyclic) bond motifs is 1. The number of hydrogen-bond donors (Lipinski definition) is 2. The molecule has 2 aliphatic rings. The molecule has 2 heterocycles. The summed E-state index contributed by atoms with van der Waals surface area (Å²) in [4.78, 5) is 27.3. The van der Waals surface area contributed by atoms with E-state index in [1.54, 1.807) is 0 Å². The van der Waals surface area contributed by atoms with Gasteiger partial charge in [0.2, 0.25) is 5.91 Å². The smallest absolute Gasteiger partial charge is 0.319 e. The molecule has 6 nitrogen and oxygen atoms in total. The summed E-state index contributed by atoms with van der Waals surface area (Å²) in [5.41, 5.74) is 1.99. The van der Waals surface area contributed by atoms with Crippen molar-refractivity contribution in [2.45, 2.75) is 71.4 Å². The lowest BCUT2D eigenvalue weighted by molar-refractivity contribution is -0.137. The highest BCUT2D eigenvalue weighted by atomic mass is 16.2. The van der Waals surface area contributed by atoms with E-state index in [2.05, 4.69) is 47.4 Å². The highest BCUT2D eigenvalue weighted by Gasteiger charge is 2.29. The number of carbonyl (C=O) groups is 2. The first-order chi connectivity index (χ1) is 15.0. The summed E-state index contributed by atoms with van der Waals surface area (Å²) in [5.74, 6) is 1.15. The molecule has 2 aromatic rings. The molecule has 1 saturated heterocycles. The van der Waals surface area contributed by atoms with Gasteiger partial charge in [-0.3, -0.25) is 4.79 Å². The number of rotatable bonds is 5. The van der Waals surface area contributed by atoms with E-state index in [1.807, 2.05) is 17.0 Å². The molecule has 1 aliphatic heterocycles. The number of aromatic nitrogens is 1. The van der Waals surface area contributed by atoms with Crippen molar-refractivity contribution in [3.63, 3.8) is 0 Å². The normalized spacial score (nSPS) is 18.5. The Morgan fingerprint density at radius 3 is 2.48 bits per heavy atom. The van der Waals surface area contributed by atoms with E-state index >= 15 is 0 Å². The van der Waals surface area contributed by atoms with Crippen LogP contribution in [0.3, 0.4) is 0 Å². The average molecular weight is 425 g/mol. The van der Waals surface area contributed by atoms with Crippen LogP contribution in [0, 0.1) is 11.8 Å². The topological polar surface area (TPSA) is 66.4 Å². The van der Waals surface area contributed by atoms with Gasteiger partial charge in [0.1, 0.15) is 0 Å². The highest BCUT2D eigenvalue weighted by Crippen LogP contribution is 2.27. The molecule has 0 bridgehead atoms. The van der Waals surface area contributed by atoms with E-state index in [1.165, 1.54) is 24.8 Å². The maximum Gasteiger partial charge on any atom is 0.319 e. The number of urea groups is 1. The summed E-state index contributed by atoms with van der Waals surface area (Å²) >= 11 is 0. The molecular formula is C25H36N4O2. The molecule has 0 atom stereocenters. The Morgan fingerprint density at radius 2 is 1.77 bits per heavy atom. The molecule has 31 heavy (non-hydrogen) atoms. The number of hydrogen-bond acceptors (Lipinski definition) is 2. The summed E-state index contributed by atoms with van der Waals surface area (Å²) < 4.78 is 2.26. The quantitative estimate of drug-likeness (QED) is 0.710. The Labute approximate surface area is 185 Å². The molecule has 3 amide bonds. The zero-order valence-corrected chi connectivity index (χ0v) is 18.9. The summed E-state index contributed by atoms with van der Waals surface area (Å²) in [6.07, 6.45) is 9.48. The van der Waals surface area contributed by atoms with Crippen LogP contribution in [0.1, 0.15) is 58.8 Å². The number of carbonyl (C=O) groups excluding carboxylic acids is 2. The number of nitrogens with zero attached hydrogens (tertiary/aromatic N) is 2. The zero-order valence-electron chi connectivity index (χ0n) is 18.9. The summed E-state index contributed by atoms with van der Waals surface area (Å²) in [6, 6.07) is 8.11. The first kappa shape index (κ1) is 21.7. The second kappa shape index (κ2) is 9.75. The average Bonchev–Trinajstić information content (AvgIpc) is 3.15. The SMILES string of the molecule is CC(C)Cn1ccc2cc(NC(=O)NC3CCN(C(=O)C4CCCCC4)CC3)ccc21. The number of piperidine rings is 1. The number of nitrogens with one attached hydrogen (secondary N) is 2. The maximum absolute atomic E-state index is 12.7. The van der Waals surface area contributed by atoms with Gasteiger partial charge in [0.25, 0.3) is 0 Å². The molecule has 1 saturated carbocycles. The Hall–Kier alpha value is -2.50. The van der Waals surface area contributed by atoms with Crippen LogP contribution in [0.4, 0.5) is 10.5 Å². The predicted octanol–water partition coefficient (Wildman–Crippen LogP) is 4.99. The van der Waals surface area contributed by atoms with Crippen LogP contribution in [-0.2, 0) is 11.3 Å². The first-order valence-electron chi connectivity index (χ1n) is 11.9. The molecule has 6 heteroatoms. The number of likely N-dealkylation sites (tertiary alicyclic amines) is 1. The van der Waals surface area contributed by atoms with E-state index in [0.717, 1.165) is 56.4 Å². The lowest BCUT2D eigenvalue weighted by Gasteiger charge is -2.35. The van der Waals surface area contributed by atoms with Crippen molar-refractivity contribution < 1.29 is 9.59 Å². The van der Waals surface area contributed by atoms with Crippen LogP contribution in [-0.4, -0.2) is 40.5 Å². The van der Waals surface area contributed by atoms with Gasteiger partial charge in [-0.15, -0.1) is 0 Å². The van der Waals surface area contributed by atoms with Crippen molar-refractivity contribution >= 4 is 28.5 Å². The maximum atomic E-state index is 12.7. The molecule has 2 N–H and O–H groups in total. The van der Waals surface area contributed by atoms with Crippen LogP contribution < -0.4 is 10.6 Å². The second-order valence-electron chi connectivity index (χ2n) is 9.67. The molecule has 4 rings (SSSR count). The molecule has 0 unspecified atom stereocenters. The van der Waals surface area contributed by atoms with Crippen LogP contribution in [0.25, 0.3) is 10.9 Å². The molecule has 1 aliphatic carbocycles. The van der Waals surface area contributed by atoms with Crippen LogP contribution in [0.5, 0.6) is 0 Å². The van der Waals surface area contributed by atoms with E-state index in [4.69, 9.17) is 0 Å². The van der Waals surface area contributed by atoms with E-state index < -0.39 is 0 Å². The largest absolute Gasteiger partial charge is 0.347 e. The van der Waals surface area contributed by atoms with Crippen molar-refractivity contribution in [1.82, 2.24) is 14.8 Å². The number of amides is 3. The van der Waals surface area contributed by atoms with E-state index in [9.17, 15) is 9.59 Å². The van der Waals surface area contributed by atoms with E-state index in [0.29, 0.717) is 11.8 Å². The van der Waals surface area contributed by atoms with Crippen LogP contribution in [0.2, 0.25) is 0 Å². The first-order valence-corrected chi connectivity index (χ1v) is 11.9. The molecule has 0 spiro atoms. The van der Waals surface area contributed by atoms with Crippen molar-refractivity contribution in [3.05, 3.63) is 30.5 Å². The third-order valence-electron chi connectivity index (χ3n) is 6.69. The zero-order chi connectivity index (χ0) is 21.8. The van der Waals surface area contributed by atoms with Gasteiger partial charge in [0.15, 0.2) is 0 Å². The Bertz CT molecular complexity index is 905. The van der Waals surface area contributed by atoms with Crippen molar-refractivity contribution in [2.75, 3.05) is 18.4 Å². The molecule has 2 fully saturated rings. The Morgan fingerprint density at radius 1 is 1.03 bits per heavy atom. The minimum atomic E-state index is -0.168. The Balaban J connectivity index is 1.26. The summed E-state index contributed by atoms with van der Waals surface area (Å²) in [5, 5.41) is 7.20. The van der Waals surface area contributed by atoms with Gasteiger partial charge in [0.05, 0.1) is 0 Å². The fraction of sp³-hybridized carbons (Fsp3) is 0.600. The Kier molecular flexibility index (Phi) is 6.83. The van der Waals surface area contributed by atoms with Crippen molar-refractivity contribution in [1.29, 1.82) is 0 Å². The minimum absolute atomic E-state index is 0.117. The molecule has 0 radical (unpaired) electrons. The monoisotopic (exact) mass is 424 g/mol. The van der Waals surface area contributed by atoms with Gasteiger partial charge in [-0.25, -0.2) is 4.79 Å². The fourth-order valence-corrected chi connectivity index (χ4v) is 5.04. The standard InChI is InChI=1S/C25H36N4O2/c1-18(2)17-29-13-10-20-16-22(8-9-23(20)29)27-25(31)26-21-11-14-28(15-12-21)24(30)19-6-4-3-5-7-19/h8-10,13,16,18-19,21H,3-7,11-12,14-15,17H2,1-2H3,(H2,26,27,31). The minimum Gasteiger partial charge on any atom is -0.347 e. The second-order valence-corrected chi connectivity index (χ2v) is 9.67. The number of anilines is 1. The van der Waals surface area contributed by atoms with Gasteiger partial charge in [-0.2, -0.15) is 0 Å². The summed E-state index contributed by atoms with van der Waals surface area (Å²) in [7, 11) is 0. The van der Waals surface area contributed by atoms with Gasteiger partial charge in [-0.1, -0.05) is 33.1 Å². The van der Waals surface area contributed by atoms with Crippen molar-refractivity contribution in [3.8, 4) is 0 Å². The van der Waals surface area contributed by atoms with E-state index in [-0.39, 0.29) is 18.0 Å². The van der Waals surface area contributed by atoms with Crippen LogP contribution in [0.15, 0.2) is 30.5 Å². The van der Waals surface area contributed by atoms with Gasteiger partial charge in [0, 0.05) is 54.4 Å². The van der Waals surface area contributed by atoms with Gasteiger partial charge < -0.3 is 20.1 Å². The van der Waals surface area contributed by atoms with Gasteiger partial charge in [-0.05, 0) is 55.9 Å². The lowest BCUT2D eigenvalue weighted by Crippen LogP contribution is -2.49. The molecule has 1 aromatic carbocycles. The van der Waals surface area contributed by atoms with Crippen molar-refractivity contribution in [2.24, 2.45) is 11.8 Å². The third-order valence-corrected chi connectivity index (χ3v) is 6.69. The third kappa shape index (κ3) is 5.41.